The molecular weight excluding hydrogens is 198 g/mol. The lowest BCUT2D eigenvalue weighted by molar-refractivity contribution is 0.914. The third-order valence-electron chi connectivity index (χ3n) is 2.00. The van der Waals surface area contributed by atoms with Crippen LogP contribution < -0.4 is 0 Å². The lowest BCUT2D eigenvalue weighted by Gasteiger charge is -1.99. The number of nitrogens with one attached hydrogen (secondary N) is 1. The number of rotatable bonds is 2. The Bertz CT molecular complexity index is 419. The van der Waals surface area contributed by atoms with E-state index in [1.54, 1.807) is 0 Å². The minimum Gasteiger partial charge on any atom is -0.262 e. The SMILES string of the molecule is [CH2]c1nn[nH]c1Cc1ccc(Cl)cc1. The third-order valence-corrected chi connectivity index (χ3v) is 2.25. The molecule has 1 N–H and O–H groups in total. The molecule has 1 heterocycles. The van der Waals surface area contributed by atoms with Crippen molar-refractivity contribution in [3.63, 3.8) is 0 Å². The van der Waals surface area contributed by atoms with E-state index in [2.05, 4.69) is 22.3 Å². The van der Waals surface area contributed by atoms with E-state index in [9.17, 15) is 0 Å². The Morgan fingerprint density at radius 1 is 1.29 bits per heavy atom. The fourth-order valence-corrected chi connectivity index (χ4v) is 1.34. The molecule has 0 aliphatic carbocycles. The second-order valence-electron chi connectivity index (χ2n) is 3.04. The molecule has 71 valence electrons. The van der Waals surface area contributed by atoms with E-state index in [1.165, 1.54) is 0 Å². The largest absolute Gasteiger partial charge is 0.262 e. The smallest absolute Gasteiger partial charge is 0.0863 e. The number of halogens is 1. The van der Waals surface area contributed by atoms with Gasteiger partial charge in [0, 0.05) is 11.4 Å². The molecule has 2 aromatic rings. The highest BCUT2D eigenvalue weighted by Gasteiger charge is 2.02. The average molecular weight is 207 g/mol. The summed E-state index contributed by atoms with van der Waals surface area (Å²) in [7, 11) is 0. The summed E-state index contributed by atoms with van der Waals surface area (Å²) in [5, 5.41) is 11.0. The van der Waals surface area contributed by atoms with Gasteiger partial charge in [-0.25, -0.2) is 0 Å². The summed E-state index contributed by atoms with van der Waals surface area (Å²) in [6, 6.07) is 7.68. The predicted molar refractivity (Wildman–Crippen MR) is 55.1 cm³/mol. The van der Waals surface area contributed by atoms with Crippen molar-refractivity contribution < 1.29 is 0 Å². The zero-order valence-corrected chi connectivity index (χ0v) is 8.25. The van der Waals surface area contributed by atoms with Gasteiger partial charge in [-0.2, -0.15) is 0 Å². The Hall–Kier alpha value is -1.35. The first-order valence-electron chi connectivity index (χ1n) is 4.22. The van der Waals surface area contributed by atoms with Crippen LogP contribution in [-0.4, -0.2) is 15.4 Å². The second-order valence-corrected chi connectivity index (χ2v) is 3.48. The number of nitrogens with zero attached hydrogens (tertiary/aromatic N) is 2. The van der Waals surface area contributed by atoms with Gasteiger partial charge in [0.15, 0.2) is 0 Å². The number of H-pyrrole nitrogens is 1. The molecule has 1 aromatic carbocycles. The van der Waals surface area contributed by atoms with Crippen LogP contribution in [0, 0.1) is 6.92 Å². The summed E-state index contributed by atoms with van der Waals surface area (Å²) in [6.45, 7) is 3.76. The maximum Gasteiger partial charge on any atom is 0.0863 e. The summed E-state index contributed by atoms with van der Waals surface area (Å²) in [5.41, 5.74) is 2.79. The summed E-state index contributed by atoms with van der Waals surface area (Å²) in [4.78, 5) is 0. The fourth-order valence-electron chi connectivity index (χ4n) is 1.22. The number of aromatic amines is 1. The summed E-state index contributed by atoms with van der Waals surface area (Å²) in [5.74, 6) is 0. The molecule has 3 nitrogen and oxygen atoms in total. The van der Waals surface area contributed by atoms with Gasteiger partial charge in [-0.05, 0) is 24.6 Å². The normalized spacial score (nSPS) is 10.4. The van der Waals surface area contributed by atoms with Crippen molar-refractivity contribution in [2.24, 2.45) is 0 Å². The van der Waals surface area contributed by atoms with Crippen LogP contribution in [0.15, 0.2) is 24.3 Å². The third kappa shape index (κ3) is 1.93. The van der Waals surface area contributed by atoms with Crippen LogP contribution in [0.5, 0.6) is 0 Å². The van der Waals surface area contributed by atoms with E-state index in [0.717, 1.165) is 22.7 Å². The predicted octanol–water partition coefficient (Wildman–Crippen LogP) is 2.23. The highest BCUT2D eigenvalue weighted by Crippen LogP contribution is 2.13. The summed E-state index contributed by atoms with van der Waals surface area (Å²) < 4.78 is 0. The molecule has 4 heteroatoms. The highest BCUT2D eigenvalue weighted by molar-refractivity contribution is 6.30. The van der Waals surface area contributed by atoms with Gasteiger partial charge in [0.25, 0.3) is 0 Å². The van der Waals surface area contributed by atoms with Crippen LogP contribution in [0.1, 0.15) is 17.0 Å². The summed E-state index contributed by atoms with van der Waals surface area (Å²) >= 11 is 5.78. The maximum atomic E-state index is 5.78. The van der Waals surface area contributed by atoms with E-state index in [-0.39, 0.29) is 0 Å². The van der Waals surface area contributed by atoms with E-state index in [0.29, 0.717) is 5.69 Å². The van der Waals surface area contributed by atoms with Crippen molar-refractivity contribution in [2.75, 3.05) is 0 Å². The first kappa shape index (κ1) is 9.21. The van der Waals surface area contributed by atoms with Crippen LogP contribution >= 0.6 is 11.6 Å². The van der Waals surface area contributed by atoms with Crippen molar-refractivity contribution in [2.45, 2.75) is 6.42 Å². The highest BCUT2D eigenvalue weighted by atomic mass is 35.5. The minimum absolute atomic E-state index is 0.694. The first-order valence-corrected chi connectivity index (χ1v) is 4.60. The van der Waals surface area contributed by atoms with E-state index in [4.69, 9.17) is 11.6 Å². The first-order chi connectivity index (χ1) is 6.75. The van der Waals surface area contributed by atoms with Gasteiger partial charge in [0.05, 0.1) is 11.4 Å². The maximum absolute atomic E-state index is 5.78. The summed E-state index contributed by atoms with van der Waals surface area (Å²) in [6.07, 6.45) is 0.753. The van der Waals surface area contributed by atoms with Gasteiger partial charge in [0.2, 0.25) is 0 Å². The van der Waals surface area contributed by atoms with E-state index < -0.39 is 0 Å². The zero-order chi connectivity index (χ0) is 9.97. The monoisotopic (exact) mass is 206 g/mol. The lowest BCUT2D eigenvalue weighted by Crippen LogP contribution is -1.90. The molecule has 0 unspecified atom stereocenters. The molecule has 0 aliphatic heterocycles. The van der Waals surface area contributed by atoms with Gasteiger partial charge in [0.1, 0.15) is 0 Å². The van der Waals surface area contributed by atoms with Crippen LogP contribution in [-0.2, 0) is 6.42 Å². The molecule has 0 amide bonds. The van der Waals surface area contributed by atoms with Crippen LogP contribution in [0.4, 0.5) is 0 Å². The van der Waals surface area contributed by atoms with Crippen LogP contribution in [0.25, 0.3) is 0 Å². The molecule has 14 heavy (non-hydrogen) atoms. The molecule has 1 aromatic heterocycles. The van der Waals surface area contributed by atoms with Gasteiger partial charge < -0.3 is 0 Å². The van der Waals surface area contributed by atoms with Gasteiger partial charge >= 0.3 is 0 Å². The van der Waals surface area contributed by atoms with Gasteiger partial charge in [-0.15, -0.1) is 5.10 Å². The zero-order valence-electron chi connectivity index (χ0n) is 7.50. The molecule has 0 atom stereocenters. The van der Waals surface area contributed by atoms with Crippen molar-refractivity contribution in [3.8, 4) is 0 Å². The van der Waals surface area contributed by atoms with Crippen molar-refractivity contribution in [1.82, 2.24) is 15.4 Å². The quantitative estimate of drug-likeness (QED) is 0.819. The molecule has 0 spiro atoms. The van der Waals surface area contributed by atoms with E-state index >= 15 is 0 Å². The fraction of sp³-hybridized carbons (Fsp3) is 0.100. The molecule has 0 fully saturated rings. The lowest BCUT2D eigenvalue weighted by atomic mass is 10.1. The molecular formula is C10H9ClN3. The number of hydrogen-bond acceptors (Lipinski definition) is 2. The molecule has 1 radical (unpaired) electrons. The second kappa shape index (κ2) is 3.80. The van der Waals surface area contributed by atoms with E-state index in [1.807, 2.05) is 24.3 Å². The van der Waals surface area contributed by atoms with Crippen molar-refractivity contribution in [3.05, 3.63) is 53.2 Å². The Morgan fingerprint density at radius 3 is 2.57 bits per heavy atom. The van der Waals surface area contributed by atoms with Crippen molar-refractivity contribution in [1.29, 1.82) is 0 Å². The molecule has 2 rings (SSSR count). The Kier molecular flexibility index (Phi) is 2.50. The Morgan fingerprint density at radius 2 is 2.00 bits per heavy atom. The molecule has 0 saturated carbocycles. The number of hydrogen-bond donors (Lipinski definition) is 1. The average Bonchev–Trinajstić information content (AvgIpc) is 2.56. The Labute approximate surface area is 87.1 Å². The Balaban J connectivity index is 2.19. The number of aromatic nitrogens is 3. The van der Waals surface area contributed by atoms with Crippen LogP contribution in [0.2, 0.25) is 5.02 Å². The van der Waals surface area contributed by atoms with Crippen molar-refractivity contribution >= 4 is 11.6 Å². The molecule has 0 saturated heterocycles. The topological polar surface area (TPSA) is 41.6 Å². The minimum atomic E-state index is 0.694. The molecule has 0 aliphatic rings. The molecule has 0 bridgehead atoms. The van der Waals surface area contributed by atoms with Gasteiger partial charge in [-0.1, -0.05) is 28.9 Å². The van der Waals surface area contributed by atoms with Crippen LogP contribution in [0.3, 0.4) is 0 Å². The van der Waals surface area contributed by atoms with Gasteiger partial charge in [-0.3, -0.25) is 5.10 Å². The standard InChI is InChI=1S/C10H9ClN3/c1-7-10(13-14-12-7)6-8-2-4-9(11)5-3-8/h2-5H,1,6H2,(H,12,13,14). The number of benzene rings is 1.